The smallest absolute Gasteiger partial charge is 0.209 e. The van der Waals surface area contributed by atoms with E-state index >= 15 is 0 Å². The van der Waals surface area contributed by atoms with Crippen LogP contribution in [0.15, 0.2) is 72.8 Å². The number of nitrogens with one attached hydrogen (secondary N) is 1. The number of ether oxygens (including phenoxy) is 2. The number of imidazole rings is 1. The van der Waals surface area contributed by atoms with Gasteiger partial charge in [0.15, 0.2) is 11.5 Å². The Labute approximate surface area is 179 Å². The Kier molecular flexibility index (Phi) is 4.60. The highest BCUT2D eigenvalue weighted by atomic mass is 35.5. The molecule has 1 aliphatic heterocycles. The van der Waals surface area contributed by atoms with Crippen LogP contribution < -0.4 is 14.8 Å². The molecular weight excluding hydrogens is 398 g/mol. The molecule has 0 bridgehead atoms. The summed E-state index contributed by atoms with van der Waals surface area (Å²) >= 11 is 6.09. The third-order valence-corrected chi connectivity index (χ3v) is 5.60. The summed E-state index contributed by atoms with van der Waals surface area (Å²) in [6.45, 7) is 0. The normalized spacial score (nSPS) is 15.3. The molecule has 0 saturated carbocycles. The fraction of sp³-hybridized carbons (Fsp3) is 0.125. The largest absolute Gasteiger partial charge is 0.493 e. The molecule has 5 rings (SSSR count). The van der Waals surface area contributed by atoms with Crippen molar-refractivity contribution in [3.8, 4) is 11.5 Å². The summed E-state index contributed by atoms with van der Waals surface area (Å²) in [5, 5.41) is 4.19. The highest BCUT2D eigenvalue weighted by molar-refractivity contribution is 6.30. The molecule has 1 atom stereocenters. The molecule has 4 aromatic rings. The summed E-state index contributed by atoms with van der Waals surface area (Å²) in [4.78, 5) is 4.83. The maximum absolute atomic E-state index is 6.09. The number of hydrogen-bond acceptors (Lipinski definition) is 4. The van der Waals surface area contributed by atoms with Gasteiger partial charge in [0.05, 0.1) is 31.3 Å². The van der Waals surface area contributed by atoms with E-state index in [9.17, 15) is 0 Å². The molecule has 6 heteroatoms. The summed E-state index contributed by atoms with van der Waals surface area (Å²) in [5.74, 6) is 2.19. The van der Waals surface area contributed by atoms with Crippen LogP contribution in [-0.4, -0.2) is 23.8 Å². The summed E-state index contributed by atoms with van der Waals surface area (Å²) in [5.41, 5.74) is 5.10. The minimum atomic E-state index is -0.0702. The molecule has 1 N–H and O–H groups in total. The van der Waals surface area contributed by atoms with Crippen molar-refractivity contribution in [2.24, 2.45) is 0 Å². The van der Waals surface area contributed by atoms with Crippen molar-refractivity contribution in [2.75, 3.05) is 19.5 Å². The zero-order valence-electron chi connectivity index (χ0n) is 16.6. The van der Waals surface area contributed by atoms with E-state index in [1.807, 2.05) is 54.6 Å². The zero-order valence-corrected chi connectivity index (χ0v) is 17.4. The van der Waals surface area contributed by atoms with Gasteiger partial charge in [-0.25, -0.2) is 4.98 Å². The van der Waals surface area contributed by atoms with Crippen molar-refractivity contribution < 1.29 is 9.47 Å². The molecule has 0 unspecified atom stereocenters. The molecule has 5 nitrogen and oxygen atoms in total. The number of benzene rings is 3. The van der Waals surface area contributed by atoms with Crippen LogP contribution in [0, 0.1) is 0 Å². The van der Waals surface area contributed by atoms with Crippen molar-refractivity contribution in [2.45, 2.75) is 6.04 Å². The van der Waals surface area contributed by atoms with E-state index in [4.69, 9.17) is 26.1 Å². The lowest BCUT2D eigenvalue weighted by molar-refractivity contribution is 0.354. The summed E-state index contributed by atoms with van der Waals surface area (Å²) in [7, 11) is 3.29. The van der Waals surface area contributed by atoms with Gasteiger partial charge in [-0.15, -0.1) is 0 Å². The number of nitrogens with zero attached hydrogens (tertiary/aromatic N) is 2. The predicted octanol–water partition coefficient (Wildman–Crippen LogP) is 5.76. The predicted molar refractivity (Wildman–Crippen MR) is 120 cm³/mol. The second-order valence-electron chi connectivity index (χ2n) is 7.07. The number of para-hydroxylation sites is 2. The van der Waals surface area contributed by atoms with Crippen molar-refractivity contribution in [3.63, 3.8) is 0 Å². The quantitative estimate of drug-likeness (QED) is 0.458. The average Bonchev–Trinajstić information content (AvgIpc) is 3.17. The SMILES string of the molecule is COc1ccc([C@@H]2C=C(c3ccc(Cl)cc3)Nc3nc4ccccc4n32)cc1OC. The molecule has 1 aromatic heterocycles. The van der Waals surface area contributed by atoms with Crippen LogP contribution in [0.25, 0.3) is 16.7 Å². The number of halogens is 1. The molecule has 0 aliphatic carbocycles. The molecule has 30 heavy (non-hydrogen) atoms. The van der Waals surface area contributed by atoms with Crippen molar-refractivity contribution >= 4 is 34.3 Å². The van der Waals surface area contributed by atoms with Crippen LogP contribution in [0.4, 0.5) is 5.95 Å². The monoisotopic (exact) mass is 417 g/mol. The van der Waals surface area contributed by atoms with Gasteiger partial charge >= 0.3 is 0 Å². The number of anilines is 1. The molecule has 1 aliphatic rings. The number of rotatable bonds is 4. The van der Waals surface area contributed by atoms with Gasteiger partial charge in [-0.3, -0.25) is 4.57 Å². The van der Waals surface area contributed by atoms with Gasteiger partial charge in [0.1, 0.15) is 0 Å². The number of allylic oxidation sites excluding steroid dienone is 1. The van der Waals surface area contributed by atoms with E-state index < -0.39 is 0 Å². The Morgan fingerprint density at radius 1 is 0.933 bits per heavy atom. The van der Waals surface area contributed by atoms with Gasteiger partial charge in [-0.05, 0) is 53.6 Å². The zero-order chi connectivity index (χ0) is 20.7. The molecule has 3 aromatic carbocycles. The fourth-order valence-corrected chi connectivity index (χ4v) is 4.01. The fourth-order valence-electron chi connectivity index (χ4n) is 3.89. The maximum Gasteiger partial charge on any atom is 0.209 e. The molecule has 0 radical (unpaired) electrons. The second-order valence-corrected chi connectivity index (χ2v) is 7.50. The Bertz CT molecular complexity index is 1260. The van der Waals surface area contributed by atoms with Crippen molar-refractivity contribution in [3.05, 3.63) is 89.0 Å². The van der Waals surface area contributed by atoms with Crippen LogP contribution in [0.2, 0.25) is 5.02 Å². The first kappa shape index (κ1) is 18.6. The minimum Gasteiger partial charge on any atom is -0.493 e. The third-order valence-electron chi connectivity index (χ3n) is 5.35. The summed E-state index contributed by atoms with van der Waals surface area (Å²) in [6, 6.07) is 21.9. The van der Waals surface area contributed by atoms with E-state index in [1.54, 1.807) is 14.2 Å². The number of fused-ring (bicyclic) bond motifs is 3. The highest BCUT2D eigenvalue weighted by Gasteiger charge is 2.26. The highest BCUT2D eigenvalue weighted by Crippen LogP contribution is 2.39. The molecule has 2 heterocycles. The first-order chi connectivity index (χ1) is 14.7. The third kappa shape index (κ3) is 3.08. The van der Waals surface area contributed by atoms with Gasteiger partial charge in [-0.2, -0.15) is 0 Å². The number of aromatic nitrogens is 2. The molecule has 150 valence electrons. The molecule has 0 fully saturated rings. The van der Waals surface area contributed by atoms with E-state index in [2.05, 4.69) is 28.1 Å². The van der Waals surface area contributed by atoms with Gasteiger partial charge < -0.3 is 14.8 Å². The van der Waals surface area contributed by atoms with Crippen LogP contribution in [0.1, 0.15) is 17.2 Å². The van der Waals surface area contributed by atoms with Crippen LogP contribution in [-0.2, 0) is 0 Å². The van der Waals surface area contributed by atoms with Crippen LogP contribution in [0.3, 0.4) is 0 Å². The van der Waals surface area contributed by atoms with Crippen molar-refractivity contribution in [1.82, 2.24) is 9.55 Å². The lowest BCUT2D eigenvalue weighted by Crippen LogP contribution is -2.19. The second kappa shape index (κ2) is 7.43. The number of hydrogen-bond donors (Lipinski definition) is 1. The Morgan fingerprint density at radius 3 is 2.47 bits per heavy atom. The van der Waals surface area contributed by atoms with Gasteiger partial charge in [-0.1, -0.05) is 41.9 Å². The molecule has 0 saturated heterocycles. The minimum absolute atomic E-state index is 0.0702. The molecular formula is C24H20ClN3O2. The van der Waals surface area contributed by atoms with Gasteiger partial charge in [0.25, 0.3) is 0 Å². The van der Waals surface area contributed by atoms with E-state index in [-0.39, 0.29) is 6.04 Å². The summed E-state index contributed by atoms with van der Waals surface area (Å²) < 4.78 is 13.2. The van der Waals surface area contributed by atoms with Gasteiger partial charge in [0.2, 0.25) is 5.95 Å². The maximum atomic E-state index is 6.09. The first-order valence-electron chi connectivity index (χ1n) is 9.61. The topological polar surface area (TPSA) is 48.3 Å². The summed E-state index contributed by atoms with van der Waals surface area (Å²) in [6.07, 6.45) is 2.20. The van der Waals surface area contributed by atoms with E-state index in [0.29, 0.717) is 16.5 Å². The van der Waals surface area contributed by atoms with Crippen molar-refractivity contribution in [1.29, 1.82) is 0 Å². The first-order valence-corrected chi connectivity index (χ1v) is 9.99. The van der Waals surface area contributed by atoms with E-state index in [0.717, 1.165) is 33.8 Å². The molecule has 0 amide bonds. The van der Waals surface area contributed by atoms with Crippen LogP contribution in [0.5, 0.6) is 11.5 Å². The van der Waals surface area contributed by atoms with Gasteiger partial charge in [0, 0.05) is 10.7 Å². The Balaban J connectivity index is 1.70. The Hall–Kier alpha value is -3.44. The molecule has 0 spiro atoms. The lowest BCUT2D eigenvalue weighted by Gasteiger charge is -2.27. The average molecular weight is 418 g/mol. The lowest BCUT2D eigenvalue weighted by atomic mass is 10.0. The number of methoxy groups -OCH3 is 2. The van der Waals surface area contributed by atoms with Crippen LogP contribution >= 0.6 is 11.6 Å². The Morgan fingerprint density at radius 2 is 1.70 bits per heavy atom. The van der Waals surface area contributed by atoms with E-state index in [1.165, 1.54) is 0 Å². The standard InChI is InChI=1S/C24H20ClN3O2/c1-29-22-12-9-16(13-23(22)30-2)21-14-19(15-7-10-17(25)11-8-15)27-24-26-18-5-3-4-6-20(18)28(21)24/h3-14,21H,1-2H3,(H,26,27)/t21-/m0/s1.